The summed E-state index contributed by atoms with van der Waals surface area (Å²) >= 11 is 1.27. The first kappa shape index (κ1) is 16.0. The molecule has 2 nitrogen and oxygen atoms in total. The molecule has 0 bridgehead atoms. The van der Waals surface area contributed by atoms with E-state index in [1.165, 1.54) is 48.7 Å². The number of hydrogen-bond donors (Lipinski definition) is 1. The minimum Gasteiger partial charge on any atom is -0.385 e. The fourth-order valence-corrected chi connectivity index (χ4v) is 4.04. The van der Waals surface area contributed by atoms with Crippen molar-refractivity contribution in [2.24, 2.45) is 5.92 Å². The molecule has 0 amide bonds. The molecule has 2 aromatic carbocycles. The Kier molecular flexibility index (Phi) is 5.60. The van der Waals surface area contributed by atoms with Gasteiger partial charge in [-0.1, -0.05) is 49.2 Å². The number of thiocyanates is 1. The van der Waals surface area contributed by atoms with E-state index >= 15 is 0 Å². The Morgan fingerprint density at radius 2 is 1.70 bits per heavy atom. The summed E-state index contributed by atoms with van der Waals surface area (Å²) in [6.07, 6.45) is 5.41. The number of thioether (sulfide) groups is 1. The van der Waals surface area contributed by atoms with E-state index in [1.54, 1.807) is 0 Å². The average Bonchev–Trinajstić information content (AvgIpc) is 2.64. The summed E-state index contributed by atoms with van der Waals surface area (Å²) in [6, 6.07) is 18.4. The fraction of sp³-hybridized carbons (Fsp3) is 0.350. The molecule has 0 radical (unpaired) electrons. The van der Waals surface area contributed by atoms with Crippen LogP contribution in [-0.4, -0.2) is 6.54 Å². The standard InChI is InChI=1S/C14H16N2S.C6H6/c15-9-17-11-5-6-14-13(7-11)12-4-2-1-3-10(12)8-16-14;1-2-4-6-5-3-1/h5-7,10,12,16H,1-4,8H2;1-6H. The Morgan fingerprint density at radius 1 is 1.00 bits per heavy atom. The topological polar surface area (TPSA) is 35.8 Å². The second-order valence-corrected chi connectivity index (χ2v) is 6.99. The molecule has 2 aliphatic rings. The molecule has 1 aliphatic heterocycles. The number of nitriles is 1. The summed E-state index contributed by atoms with van der Waals surface area (Å²) in [4.78, 5) is 1.08. The van der Waals surface area contributed by atoms with Gasteiger partial charge < -0.3 is 5.32 Å². The number of rotatable bonds is 1. The van der Waals surface area contributed by atoms with Crippen LogP contribution in [0.25, 0.3) is 0 Å². The molecule has 1 N–H and O–H groups in total. The third-order valence-corrected chi connectivity index (χ3v) is 5.30. The zero-order valence-electron chi connectivity index (χ0n) is 13.2. The summed E-state index contributed by atoms with van der Waals surface area (Å²) in [5.74, 6) is 1.53. The molecule has 0 aromatic heterocycles. The lowest BCUT2D eigenvalue weighted by molar-refractivity contribution is 0.313. The van der Waals surface area contributed by atoms with Crippen LogP contribution in [0.2, 0.25) is 0 Å². The highest BCUT2D eigenvalue weighted by molar-refractivity contribution is 8.03. The van der Waals surface area contributed by atoms with Gasteiger partial charge in [0.1, 0.15) is 5.40 Å². The van der Waals surface area contributed by atoms with Crippen LogP contribution in [0, 0.1) is 16.6 Å². The van der Waals surface area contributed by atoms with Crippen LogP contribution in [0.4, 0.5) is 5.69 Å². The molecule has 1 fully saturated rings. The van der Waals surface area contributed by atoms with Crippen molar-refractivity contribution in [2.75, 3.05) is 11.9 Å². The van der Waals surface area contributed by atoms with Crippen molar-refractivity contribution in [2.45, 2.75) is 36.5 Å². The monoisotopic (exact) mass is 322 g/mol. The Hall–Kier alpha value is -1.92. The maximum absolute atomic E-state index is 8.75. The SMILES string of the molecule is N#CSc1ccc2c(c1)C1CCCCC1CN2.c1ccccc1. The highest BCUT2D eigenvalue weighted by Crippen LogP contribution is 2.44. The van der Waals surface area contributed by atoms with Crippen LogP contribution in [-0.2, 0) is 0 Å². The highest BCUT2D eigenvalue weighted by atomic mass is 32.2. The minimum absolute atomic E-state index is 0.722. The lowest BCUT2D eigenvalue weighted by atomic mass is 9.73. The van der Waals surface area contributed by atoms with Crippen LogP contribution in [0.1, 0.15) is 37.2 Å². The van der Waals surface area contributed by atoms with Gasteiger partial charge in [0.05, 0.1) is 0 Å². The van der Waals surface area contributed by atoms with E-state index in [0.717, 1.165) is 23.3 Å². The normalized spacial score (nSPS) is 21.5. The smallest absolute Gasteiger partial charge is 0.138 e. The summed E-state index contributed by atoms with van der Waals surface area (Å²) in [5.41, 5.74) is 2.73. The first-order chi connectivity index (χ1) is 11.4. The number of anilines is 1. The first-order valence-electron chi connectivity index (χ1n) is 8.32. The van der Waals surface area contributed by atoms with Crippen LogP contribution in [0.3, 0.4) is 0 Å². The number of hydrogen-bond acceptors (Lipinski definition) is 3. The molecular formula is C20H22N2S. The van der Waals surface area contributed by atoms with Gasteiger partial charge >= 0.3 is 0 Å². The Balaban J connectivity index is 0.000000220. The molecule has 0 spiro atoms. The van der Waals surface area contributed by atoms with Gasteiger partial charge in [0, 0.05) is 17.1 Å². The molecule has 2 atom stereocenters. The van der Waals surface area contributed by atoms with Crippen molar-refractivity contribution in [1.82, 2.24) is 0 Å². The van der Waals surface area contributed by atoms with E-state index in [4.69, 9.17) is 5.26 Å². The largest absolute Gasteiger partial charge is 0.385 e. The molecule has 1 aliphatic carbocycles. The second kappa shape index (κ2) is 8.08. The van der Waals surface area contributed by atoms with Gasteiger partial charge in [0.2, 0.25) is 0 Å². The van der Waals surface area contributed by atoms with Crippen LogP contribution >= 0.6 is 11.8 Å². The molecule has 3 heteroatoms. The molecule has 1 saturated carbocycles. The van der Waals surface area contributed by atoms with Crippen LogP contribution in [0.15, 0.2) is 59.5 Å². The molecule has 4 rings (SSSR count). The molecule has 2 aromatic rings. The molecular weight excluding hydrogens is 300 g/mol. The van der Waals surface area contributed by atoms with E-state index in [1.807, 2.05) is 42.5 Å². The molecule has 118 valence electrons. The van der Waals surface area contributed by atoms with Crippen molar-refractivity contribution >= 4 is 17.4 Å². The van der Waals surface area contributed by atoms with E-state index in [0.29, 0.717) is 0 Å². The summed E-state index contributed by atoms with van der Waals surface area (Å²) in [5, 5.41) is 14.5. The number of nitrogens with one attached hydrogen (secondary N) is 1. The molecule has 1 heterocycles. The maximum Gasteiger partial charge on any atom is 0.138 e. The lowest BCUT2D eigenvalue weighted by Gasteiger charge is -2.38. The number of benzene rings is 2. The van der Waals surface area contributed by atoms with Gasteiger partial charge in [-0.15, -0.1) is 0 Å². The Morgan fingerprint density at radius 3 is 2.39 bits per heavy atom. The summed E-state index contributed by atoms with van der Waals surface area (Å²) < 4.78 is 0. The third kappa shape index (κ3) is 4.09. The lowest BCUT2D eigenvalue weighted by Crippen LogP contribution is -2.30. The van der Waals surface area contributed by atoms with Gasteiger partial charge in [0.15, 0.2) is 0 Å². The van der Waals surface area contributed by atoms with Gasteiger partial charge in [-0.2, -0.15) is 5.26 Å². The zero-order valence-corrected chi connectivity index (χ0v) is 14.1. The first-order valence-corrected chi connectivity index (χ1v) is 9.14. The van der Waals surface area contributed by atoms with Crippen molar-refractivity contribution < 1.29 is 0 Å². The van der Waals surface area contributed by atoms with E-state index < -0.39 is 0 Å². The maximum atomic E-state index is 8.75. The van der Waals surface area contributed by atoms with Gasteiger partial charge in [0.25, 0.3) is 0 Å². The summed E-state index contributed by atoms with van der Waals surface area (Å²) in [6.45, 7) is 1.13. The number of fused-ring (bicyclic) bond motifs is 3. The second-order valence-electron chi connectivity index (χ2n) is 6.13. The fourth-order valence-electron chi connectivity index (χ4n) is 3.61. The number of nitrogens with zero attached hydrogens (tertiary/aromatic N) is 1. The summed E-state index contributed by atoms with van der Waals surface area (Å²) in [7, 11) is 0. The van der Waals surface area contributed by atoms with Gasteiger partial charge in [-0.25, -0.2) is 0 Å². The molecule has 23 heavy (non-hydrogen) atoms. The predicted octanol–water partition coefficient (Wildman–Crippen LogP) is 5.65. The zero-order chi connectivity index (χ0) is 15.9. The van der Waals surface area contributed by atoms with Crippen molar-refractivity contribution in [3.8, 4) is 5.40 Å². The quantitative estimate of drug-likeness (QED) is 0.544. The molecule has 0 saturated heterocycles. The van der Waals surface area contributed by atoms with Crippen LogP contribution in [0.5, 0.6) is 0 Å². The Labute approximate surface area is 142 Å². The minimum atomic E-state index is 0.722. The predicted molar refractivity (Wildman–Crippen MR) is 97.5 cm³/mol. The van der Waals surface area contributed by atoms with Crippen molar-refractivity contribution in [3.05, 3.63) is 60.2 Å². The van der Waals surface area contributed by atoms with Crippen molar-refractivity contribution in [3.63, 3.8) is 0 Å². The highest BCUT2D eigenvalue weighted by Gasteiger charge is 2.31. The van der Waals surface area contributed by atoms with Crippen molar-refractivity contribution in [1.29, 1.82) is 5.26 Å². The third-order valence-electron chi connectivity index (χ3n) is 4.72. The van der Waals surface area contributed by atoms with Gasteiger partial charge in [-0.05, 0) is 60.2 Å². The van der Waals surface area contributed by atoms with Crippen LogP contribution < -0.4 is 5.32 Å². The average molecular weight is 322 g/mol. The van der Waals surface area contributed by atoms with E-state index in [9.17, 15) is 0 Å². The van der Waals surface area contributed by atoms with E-state index in [-0.39, 0.29) is 0 Å². The molecule has 2 unspecified atom stereocenters. The van der Waals surface area contributed by atoms with Gasteiger partial charge in [-0.3, -0.25) is 0 Å². The van der Waals surface area contributed by atoms with E-state index in [2.05, 4.69) is 22.9 Å². The Bertz CT molecular complexity index is 636.